The Bertz CT molecular complexity index is 1000. The summed E-state index contributed by atoms with van der Waals surface area (Å²) in [5.41, 5.74) is 2.81. The van der Waals surface area contributed by atoms with E-state index in [1.807, 2.05) is 7.05 Å². The maximum absolute atomic E-state index is 12.9. The Morgan fingerprint density at radius 2 is 1.86 bits per heavy atom. The first-order valence-corrected chi connectivity index (χ1v) is 10.3. The van der Waals surface area contributed by atoms with Gasteiger partial charge in [-0.2, -0.15) is 0 Å². The third kappa shape index (κ3) is 3.43. The topological polar surface area (TPSA) is 80.0 Å². The highest BCUT2D eigenvalue weighted by Gasteiger charge is 2.38. The van der Waals surface area contributed by atoms with Gasteiger partial charge in [-0.3, -0.25) is 4.79 Å². The highest BCUT2D eigenvalue weighted by molar-refractivity contribution is 5.86. The molecule has 2 aromatic heterocycles. The van der Waals surface area contributed by atoms with E-state index < -0.39 is 0 Å². The molecule has 2 fully saturated rings. The first-order valence-electron chi connectivity index (χ1n) is 10.3. The lowest BCUT2D eigenvalue weighted by molar-refractivity contribution is -0.137. The van der Waals surface area contributed by atoms with Crippen molar-refractivity contribution < 1.29 is 4.79 Å². The second kappa shape index (κ2) is 7.42. The van der Waals surface area contributed by atoms with E-state index in [0.29, 0.717) is 30.2 Å². The maximum atomic E-state index is 12.9. The molecule has 4 heterocycles. The third-order valence-electron chi connectivity index (χ3n) is 6.19. The third-order valence-corrected chi connectivity index (χ3v) is 6.19. The van der Waals surface area contributed by atoms with Crippen molar-refractivity contribution in [3.05, 3.63) is 42.2 Å². The number of carbonyl (C=O) groups excluding carboxylic acids is 1. The molecule has 5 rings (SSSR count). The van der Waals surface area contributed by atoms with Crippen LogP contribution in [-0.4, -0.2) is 61.9 Å². The number of hydrogen-bond donors (Lipinski definition) is 0. The Kier molecular flexibility index (Phi) is 4.61. The summed E-state index contributed by atoms with van der Waals surface area (Å²) in [5.74, 6) is 1.77. The fourth-order valence-corrected chi connectivity index (χ4v) is 4.44. The molecule has 8 nitrogen and oxygen atoms in total. The van der Waals surface area contributed by atoms with Gasteiger partial charge in [-0.15, -0.1) is 5.10 Å². The van der Waals surface area contributed by atoms with Crippen LogP contribution in [0.4, 0.5) is 5.82 Å². The van der Waals surface area contributed by atoms with Gasteiger partial charge in [0.1, 0.15) is 6.33 Å². The summed E-state index contributed by atoms with van der Waals surface area (Å²) in [4.78, 5) is 25.7. The van der Waals surface area contributed by atoms with E-state index in [0.717, 1.165) is 38.2 Å². The molecule has 0 spiro atoms. The molecule has 1 amide bonds. The van der Waals surface area contributed by atoms with Crippen LogP contribution >= 0.6 is 0 Å². The van der Waals surface area contributed by atoms with Crippen molar-refractivity contribution in [1.29, 1.82) is 0 Å². The maximum Gasteiger partial charge on any atom is 0.229 e. The molecule has 150 valence electrons. The van der Waals surface area contributed by atoms with Crippen LogP contribution < -0.4 is 4.90 Å². The SMILES string of the molecule is Cn1nnc2c(N3CC(C(=O)N4CCC(Cc5ccccc5)CC4)C3)ncnc21. The predicted molar refractivity (Wildman–Crippen MR) is 109 cm³/mol. The van der Waals surface area contributed by atoms with Crippen molar-refractivity contribution in [2.75, 3.05) is 31.1 Å². The van der Waals surface area contributed by atoms with E-state index >= 15 is 0 Å². The largest absolute Gasteiger partial charge is 0.353 e. The van der Waals surface area contributed by atoms with Gasteiger partial charge in [-0.05, 0) is 30.7 Å². The fourth-order valence-electron chi connectivity index (χ4n) is 4.44. The van der Waals surface area contributed by atoms with Crippen LogP contribution in [0.15, 0.2) is 36.7 Å². The van der Waals surface area contributed by atoms with Gasteiger partial charge < -0.3 is 9.80 Å². The molecule has 29 heavy (non-hydrogen) atoms. The van der Waals surface area contributed by atoms with Gasteiger partial charge in [-0.25, -0.2) is 14.6 Å². The number of anilines is 1. The molecule has 2 saturated heterocycles. The van der Waals surface area contributed by atoms with Gasteiger partial charge in [0.25, 0.3) is 0 Å². The number of carbonyl (C=O) groups is 1. The minimum atomic E-state index is 0.0439. The molecule has 0 unspecified atom stereocenters. The normalized spacial score (nSPS) is 18.2. The second-order valence-electron chi connectivity index (χ2n) is 8.14. The Hall–Kier alpha value is -3.03. The number of benzene rings is 1. The van der Waals surface area contributed by atoms with E-state index in [2.05, 4.69) is 60.4 Å². The number of amides is 1. The van der Waals surface area contributed by atoms with Crippen LogP contribution in [0.2, 0.25) is 0 Å². The van der Waals surface area contributed by atoms with Crippen molar-refractivity contribution in [3.63, 3.8) is 0 Å². The second-order valence-corrected chi connectivity index (χ2v) is 8.14. The highest BCUT2D eigenvalue weighted by Crippen LogP contribution is 2.30. The van der Waals surface area contributed by atoms with Crippen LogP contribution in [-0.2, 0) is 18.3 Å². The molecule has 0 atom stereocenters. The van der Waals surface area contributed by atoms with Crippen LogP contribution in [0.25, 0.3) is 11.2 Å². The van der Waals surface area contributed by atoms with Crippen molar-refractivity contribution >= 4 is 22.9 Å². The first kappa shape index (κ1) is 18.0. The average molecular weight is 391 g/mol. The molecular formula is C21H25N7O. The van der Waals surface area contributed by atoms with E-state index in [1.54, 1.807) is 4.68 Å². The Balaban J connectivity index is 1.15. The number of nitrogens with zero attached hydrogens (tertiary/aromatic N) is 7. The van der Waals surface area contributed by atoms with Gasteiger partial charge >= 0.3 is 0 Å². The molecule has 2 aliphatic rings. The van der Waals surface area contributed by atoms with Gasteiger partial charge in [0.05, 0.1) is 5.92 Å². The molecule has 0 N–H and O–H groups in total. The van der Waals surface area contributed by atoms with Crippen molar-refractivity contribution in [1.82, 2.24) is 29.9 Å². The number of aromatic nitrogens is 5. The molecule has 8 heteroatoms. The minimum Gasteiger partial charge on any atom is -0.353 e. The summed E-state index contributed by atoms with van der Waals surface area (Å²) in [6.45, 7) is 3.11. The molecule has 0 saturated carbocycles. The van der Waals surface area contributed by atoms with E-state index in [1.165, 1.54) is 11.9 Å². The van der Waals surface area contributed by atoms with Gasteiger partial charge in [-0.1, -0.05) is 35.5 Å². The molecule has 0 bridgehead atoms. The summed E-state index contributed by atoms with van der Waals surface area (Å²) in [6.07, 6.45) is 4.82. The number of hydrogen-bond acceptors (Lipinski definition) is 6. The molecule has 0 aliphatic carbocycles. The standard InChI is InChI=1S/C21H25N7O/c1-26-19-18(24-25-26)20(23-14-22-19)28-12-17(13-28)21(29)27-9-7-16(8-10-27)11-15-5-3-2-4-6-15/h2-6,14,16-17H,7-13H2,1H3. The van der Waals surface area contributed by atoms with Crippen molar-refractivity contribution in [3.8, 4) is 0 Å². The zero-order chi connectivity index (χ0) is 19.8. The number of likely N-dealkylation sites (tertiary alicyclic amines) is 1. The zero-order valence-electron chi connectivity index (χ0n) is 16.6. The number of fused-ring (bicyclic) bond motifs is 1. The van der Waals surface area contributed by atoms with Gasteiger partial charge in [0.2, 0.25) is 5.91 Å². The fraction of sp³-hybridized carbons (Fsp3) is 0.476. The highest BCUT2D eigenvalue weighted by atomic mass is 16.2. The number of aryl methyl sites for hydroxylation is 1. The molecule has 0 radical (unpaired) electrons. The van der Waals surface area contributed by atoms with E-state index in [4.69, 9.17) is 0 Å². The lowest BCUT2D eigenvalue weighted by atomic mass is 9.89. The van der Waals surface area contributed by atoms with E-state index in [9.17, 15) is 4.79 Å². The van der Waals surface area contributed by atoms with Crippen LogP contribution in [0.3, 0.4) is 0 Å². The zero-order valence-corrected chi connectivity index (χ0v) is 16.6. The smallest absolute Gasteiger partial charge is 0.229 e. The summed E-state index contributed by atoms with van der Waals surface area (Å²) in [7, 11) is 1.82. The molecule has 3 aromatic rings. The van der Waals surface area contributed by atoms with Crippen LogP contribution in [0, 0.1) is 11.8 Å². The average Bonchev–Trinajstić information content (AvgIpc) is 3.10. The van der Waals surface area contributed by atoms with Crippen LogP contribution in [0.1, 0.15) is 18.4 Å². The minimum absolute atomic E-state index is 0.0439. The quantitative estimate of drug-likeness (QED) is 0.673. The molecule has 1 aromatic carbocycles. The van der Waals surface area contributed by atoms with Crippen LogP contribution in [0.5, 0.6) is 0 Å². The van der Waals surface area contributed by atoms with Crippen molar-refractivity contribution in [2.45, 2.75) is 19.3 Å². The Labute approximate surface area is 169 Å². The van der Waals surface area contributed by atoms with Gasteiger partial charge in [0.15, 0.2) is 17.0 Å². The Morgan fingerprint density at radius 1 is 1.10 bits per heavy atom. The predicted octanol–water partition coefficient (Wildman–Crippen LogP) is 1.68. The summed E-state index contributed by atoms with van der Waals surface area (Å²) < 4.78 is 1.64. The summed E-state index contributed by atoms with van der Waals surface area (Å²) in [5, 5.41) is 8.20. The number of rotatable bonds is 4. The molecule has 2 aliphatic heterocycles. The van der Waals surface area contributed by atoms with E-state index in [-0.39, 0.29) is 11.8 Å². The monoisotopic (exact) mass is 391 g/mol. The molecular weight excluding hydrogens is 366 g/mol. The first-order chi connectivity index (χ1) is 14.2. The lowest BCUT2D eigenvalue weighted by Crippen LogP contribution is -2.56. The summed E-state index contributed by atoms with van der Waals surface area (Å²) >= 11 is 0. The summed E-state index contributed by atoms with van der Waals surface area (Å²) in [6, 6.07) is 10.7. The lowest BCUT2D eigenvalue weighted by Gasteiger charge is -2.42. The Morgan fingerprint density at radius 3 is 2.62 bits per heavy atom. The number of piperidine rings is 1. The van der Waals surface area contributed by atoms with Crippen molar-refractivity contribution in [2.24, 2.45) is 18.9 Å². The van der Waals surface area contributed by atoms with Gasteiger partial charge in [0, 0.05) is 33.2 Å².